The summed E-state index contributed by atoms with van der Waals surface area (Å²) >= 11 is 0. The molecule has 0 saturated heterocycles. The van der Waals surface area contributed by atoms with Crippen molar-refractivity contribution in [1.82, 2.24) is 9.80 Å². The number of carbonyl (C=O) groups is 2. The van der Waals surface area contributed by atoms with Crippen molar-refractivity contribution in [3.63, 3.8) is 0 Å². The first-order valence-corrected chi connectivity index (χ1v) is 10.7. The highest BCUT2D eigenvalue weighted by Crippen LogP contribution is 2.29. The molecule has 1 heterocycles. The Morgan fingerprint density at radius 2 is 1.74 bits per heavy atom. The Balaban J connectivity index is 1.72. The van der Waals surface area contributed by atoms with Crippen molar-refractivity contribution in [2.24, 2.45) is 0 Å². The second-order valence-electron chi connectivity index (χ2n) is 7.83. The predicted molar refractivity (Wildman–Crippen MR) is 111 cm³/mol. The SMILES string of the molecule is CCCCCCCCCC(=O)N(C)CC(=O)N1CCc2ccccc2C1C. The lowest BCUT2D eigenvalue weighted by Gasteiger charge is -2.36. The molecule has 4 heteroatoms. The summed E-state index contributed by atoms with van der Waals surface area (Å²) in [5, 5.41) is 0. The number of nitrogens with zero attached hydrogens (tertiary/aromatic N) is 2. The summed E-state index contributed by atoms with van der Waals surface area (Å²) in [6, 6.07) is 8.41. The van der Waals surface area contributed by atoms with Crippen LogP contribution in [0.2, 0.25) is 0 Å². The van der Waals surface area contributed by atoms with E-state index in [2.05, 4.69) is 32.0 Å². The van der Waals surface area contributed by atoms with Crippen LogP contribution in [-0.2, 0) is 16.0 Å². The van der Waals surface area contributed by atoms with Gasteiger partial charge in [-0.25, -0.2) is 0 Å². The van der Waals surface area contributed by atoms with Crippen molar-refractivity contribution >= 4 is 11.8 Å². The van der Waals surface area contributed by atoms with Crippen LogP contribution in [0.3, 0.4) is 0 Å². The maximum atomic E-state index is 12.7. The van der Waals surface area contributed by atoms with Gasteiger partial charge in [-0.1, -0.05) is 69.7 Å². The lowest BCUT2D eigenvalue weighted by atomic mass is 9.93. The van der Waals surface area contributed by atoms with Gasteiger partial charge in [-0.05, 0) is 30.9 Å². The van der Waals surface area contributed by atoms with E-state index in [9.17, 15) is 9.59 Å². The van der Waals surface area contributed by atoms with Gasteiger partial charge < -0.3 is 9.80 Å². The van der Waals surface area contributed by atoms with Crippen LogP contribution in [-0.4, -0.2) is 41.8 Å². The van der Waals surface area contributed by atoms with E-state index in [1.54, 1.807) is 11.9 Å². The minimum atomic E-state index is 0.0485. The second-order valence-corrected chi connectivity index (χ2v) is 7.83. The fourth-order valence-corrected chi connectivity index (χ4v) is 3.92. The molecule has 2 rings (SSSR count). The number of hydrogen-bond donors (Lipinski definition) is 0. The number of hydrogen-bond acceptors (Lipinski definition) is 2. The fourth-order valence-electron chi connectivity index (χ4n) is 3.92. The first-order chi connectivity index (χ1) is 13.0. The first-order valence-electron chi connectivity index (χ1n) is 10.7. The number of likely N-dealkylation sites (N-methyl/N-ethyl adjacent to an activating group) is 1. The molecule has 4 nitrogen and oxygen atoms in total. The van der Waals surface area contributed by atoms with Crippen molar-refractivity contribution in [3.05, 3.63) is 35.4 Å². The summed E-state index contributed by atoms with van der Waals surface area (Å²) in [5.41, 5.74) is 2.56. The molecule has 0 N–H and O–H groups in total. The van der Waals surface area contributed by atoms with Gasteiger partial charge in [0, 0.05) is 20.0 Å². The predicted octanol–water partition coefficient (Wildman–Crippen LogP) is 4.73. The van der Waals surface area contributed by atoms with Crippen LogP contribution in [0.1, 0.15) is 82.4 Å². The monoisotopic (exact) mass is 372 g/mol. The van der Waals surface area contributed by atoms with E-state index in [1.807, 2.05) is 11.0 Å². The Morgan fingerprint density at radius 3 is 2.48 bits per heavy atom. The fraction of sp³-hybridized carbons (Fsp3) is 0.652. The van der Waals surface area contributed by atoms with Gasteiger partial charge in [0.15, 0.2) is 0 Å². The van der Waals surface area contributed by atoms with Crippen LogP contribution in [0.5, 0.6) is 0 Å². The van der Waals surface area contributed by atoms with Crippen molar-refractivity contribution in [2.75, 3.05) is 20.1 Å². The number of rotatable bonds is 10. The maximum absolute atomic E-state index is 12.7. The number of unbranched alkanes of at least 4 members (excludes halogenated alkanes) is 6. The standard InChI is InChI=1S/C23H36N2O2/c1-4-5-6-7-8-9-10-15-22(26)24(3)18-23(27)25-17-16-20-13-11-12-14-21(20)19(25)2/h11-14,19H,4-10,15-18H2,1-3H3. The zero-order valence-electron chi connectivity index (χ0n) is 17.4. The molecular weight excluding hydrogens is 336 g/mol. The molecule has 27 heavy (non-hydrogen) atoms. The lowest BCUT2D eigenvalue weighted by molar-refractivity contribution is -0.141. The Hall–Kier alpha value is -1.84. The minimum Gasteiger partial charge on any atom is -0.336 e. The van der Waals surface area contributed by atoms with Crippen molar-refractivity contribution in [2.45, 2.75) is 77.7 Å². The lowest BCUT2D eigenvalue weighted by Crippen LogP contribution is -2.44. The molecule has 0 spiro atoms. The quantitative estimate of drug-likeness (QED) is 0.557. The summed E-state index contributed by atoms with van der Waals surface area (Å²) in [7, 11) is 1.75. The molecule has 2 amide bonds. The van der Waals surface area contributed by atoms with E-state index in [1.165, 1.54) is 43.2 Å². The molecule has 1 aliphatic rings. The van der Waals surface area contributed by atoms with Gasteiger partial charge in [-0.15, -0.1) is 0 Å². The summed E-state index contributed by atoms with van der Waals surface area (Å²) < 4.78 is 0. The van der Waals surface area contributed by atoms with Gasteiger partial charge in [0.05, 0.1) is 12.6 Å². The van der Waals surface area contributed by atoms with Crippen molar-refractivity contribution in [3.8, 4) is 0 Å². The molecule has 150 valence electrons. The number of amides is 2. The van der Waals surface area contributed by atoms with E-state index in [4.69, 9.17) is 0 Å². The van der Waals surface area contributed by atoms with Crippen LogP contribution in [0.25, 0.3) is 0 Å². The molecular formula is C23H36N2O2. The molecule has 0 aliphatic carbocycles. The minimum absolute atomic E-state index is 0.0485. The molecule has 0 saturated carbocycles. The highest BCUT2D eigenvalue weighted by Gasteiger charge is 2.28. The molecule has 1 aliphatic heterocycles. The summed E-state index contributed by atoms with van der Waals surface area (Å²) in [4.78, 5) is 28.6. The summed E-state index contributed by atoms with van der Waals surface area (Å²) in [6.45, 7) is 5.22. The molecule has 0 bridgehead atoms. The van der Waals surface area contributed by atoms with Crippen molar-refractivity contribution < 1.29 is 9.59 Å². The molecule has 0 fully saturated rings. The third-order valence-corrected chi connectivity index (χ3v) is 5.71. The van der Waals surface area contributed by atoms with Crippen LogP contribution in [0.15, 0.2) is 24.3 Å². The summed E-state index contributed by atoms with van der Waals surface area (Å²) in [6.07, 6.45) is 9.83. The average molecular weight is 373 g/mol. The molecule has 1 aromatic rings. The Bertz CT molecular complexity index is 614. The van der Waals surface area contributed by atoms with E-state index in [0.29, 0.717) is 6.42 Å². The highest BCUT2D eigenvalue weighted by atomic mass is 16.2. The summed E-state index contributed by atoms with van der Waals surface area (Å²) in [5.74, 6) is 0.134. The van der Waals surface area contributed by atoms with Gasteiger partial charge in [0.1, 0.15) is 0 Å². The van der Waals surface area contributed by atoms with Gasteiger partial charge >= 0.3 is 0 Å². The molecule has 1 aromatic carbocycles. The molecule has 0 aromatic heterocycles. The number of carbonyl (C=O) groups excluding carboxylic acids is 2. The van der Waals surface area contributed by atoms with Crippen LogP contribution in [0.4, 0.5) is 0 Å². The first kappa shape index (κ1) is 21.5. The van der Waals surface area contributed by atoms with E-state index in [-0.39, 0.29) is 24.4 Å². The van der Waals surface area contributed by atoms with Gasteiger partial charge in [0.2, 0.25) is 11.8 Å². The normalized spacial score (nSPS) is 16.1. The highest BCUT2D eigenvalue weighted by molar-refractivity contribution is 5.85. The Morgan fingerprint density at radius 1 is 1.07 bits per heavy atom. The topological polar surface area (TPSA) is 40.6 Å². The van der Waals surface area contributed by atoms with Crippen LogP contribution >= 0.6 is 0 Å². The maximum Gasteiger partial charge on any atom is 0.242 e. The van der Waals surface area contributed by atoms with Crippen LogP contribution in [0, 0.1) is 0 Å². The number of fused-ring (bicyclic) bond motifs is 1. The number of benzene rings is 1. The van der Waals surface area contributed by atoms with E-state index < -0.39 is 0 Å². The van der Waals surface area contributed by atoms with Gasteiger partial charge in [0.25, 0.3) is 0 Å². The largest absolute Gasteiger partial charge is 0.336 e. The molecule has 1 unspecified atom stereocenters. The Kier molecular flexibility index (Phi) is 8.83. The second kappa shape index (κ2) is 11.1. The zero-order valence-corrected chi connectivity index (χ0v) is 17.4. The average Bonchev–Trinajstić information content (AvgIpc) is 2.67. The molecule has 1 atom stereocenters. The third kappa shape index (κ3) is 6.37. The molecule has 0 radical (unpaired) electrons. The van der Waals surface area contributed by atoms with E-state index >= 15 is 0 Å². The van der Waals surface area contributed by atoms with Gasteiger partial charge in [-0.2, -0.15) is 0 Å². The Labute approximate surface area is 164 Å². The van der Waals surface area contributed by atoms with Crippen molar-refractivity contribution in [1.29, 1.82) is 0 Å². The smallest absolute Gasteiger partial charge is 0.242 e. The van der Waals surface area contributed by atoms with Crippen LogP contribution < -0.4 is 0 Å². The van der Waals surface area contributed by atoms with E-state index in [0.717, 1.165) is 25.8 Å². The zero-order chi connectivity index (χ0) is 19.6. The van der Waals surface area contributed by atoms with Gasteiger partial charge in [-0.3, -0.25) is 9.59 Å². The third-order valence-electron chi connectivity index (χ3n) is 5.71.